The van der Waals surface area contributed by atoms with Crippen molar-refractivity contribution >= 4 is 15.7 Å². The van der Waals surface area contributed by atoms with Gasteiger partial charge in [0.05, 0.1) is 17.4 Å². The lowest BCUT2D eigenvalue weighted by atomic mass is 10.1. The second kappa shape index (κ2) is 5.28. The van der Waals surface area contributed by atoms with Crippen molar-refractivity contribution in [3.8, 4) is 0 Å². The molecule has 3 N–H and O–H groups in total. The van der Waals surface area contributed by atoms with Crippen molar-refractivity contribution in [3.63, 3.8) is 0 Å². The van der Waals surface area contributed by atoms with Crippen molar-refractivity contribution < 1.29 is 13.2 Å². The average Bonchev–Trinajstić information content (AvgIpc) is 2.36. The van der Waals surface area contributed by atoms with Gasteiger partial charge in [-0.1, -0.05) is 0 Å². The fourth-order valence-corrected chi connectivity index (χ4v) is 4.14. The summed E-state index contributed by atoms with van der Waals surface area (Å²) in [6.45, 7) is 6.16. The molecule has 8 heteroatoms. The third kappa shape index (κ3) is 2.93. The minimum atomic E-state index is -3.71. The van der Waals surface area contributed by atoms with Gasteiger partial charge in [0.25, 0.3) is 10.0 Å². The van der Waals surface area contributed by atoms with Crippen LogP contribution in [0.25, 0.3) is 0 Å². The van der Waals surface area contributed by atoms with Crippen molar-refractivity contribution in [3.05, 3.63) is 18.3 Å². The first-order valence-corrected chi connectivity index (χ1v) is 7.80. The molecule has 0 radical (unpaired) electrons. The molecule has 2 rings (SSSR count). The zero-order valence-corrected chi connectivity index (χ0v) is 12.6. The lowest BCUT2D eigenvalue weighted by Gasteiger charge is -2.40. The number of hydrogen-bond acceptors (Lipinski definition) is 6. The molecule has 1 aromatic heterocycles. The van der Waals surface area contributed by atoms with Gasteiger partial charge in [0.2, 0.25) is 0 Å². The van der Waals surface area contributed by atoms with E-state index in [0.717, 1.165) is 0 Å². The zero-order valence-electron chi connectivity index (χ0n) is 11.8. The summed E-state index contributed by atoms with van der Waals surface area (Å²) in [6.07, 6.45) is 1.26. The predicted molar refractivity (Wildman–Crippen MR) is 75.4 cm³/mol. The highest BCUT2D eigenvalue weighted by Crippen LogP contribution is 2.28. The largest absolute Gasteiger partial charge is 0.370 e. The monoisotopic (exact) mass is 300 g/mol. The molecule has 7 nitrogen and oxygen atoms in total. The molecule has 0 aromatic carbocycles. The molecule has 1 atom stereocenters. The maximum absolute atomic E-state index is 12.7. The van der Waals surface area contributed by atoms with Crippen LogP contribution in [0.4, 0.5) is 5.69 Å². The Kier molecular flexibility index (Phi) is 4.01. The van der Waals surface area contributed by atoms with E-state index in [1.165, 1.54) is 10.5 Å². The van der Waals surface area contributed by atoms with E-state index in [2.05, 4.69) is 10.4 Å². The topological polar surface area (TPSA) is 97.6 Å². The van der Waals surface area contributed by atoms with E-state index in [-0.39, 0.29) is 23.4 Å². The Morgan fingerprint density at radius 3 is 2.85 bits per heavy atom. The van der Waals surface area contributed by atoms with E-state index in [1.54, 1.807) is 12.1 Å². The van der Waals surface area contributed by atoms with Crippen LogP contribution in [0, 0.1) is 0 Å². The fraction of sp³-hybridized carbons (Fsp3) is 0.583. The third-order valence-electron chi connectivity index (χ3n) is 3.05. The van der Waals surface area contributed by atoms with Crippen LogP contribution in [-0.2, 0) is 14.8 Å². The molecule has 1 aromatic rings. The predicted octanol–water partition coefficient (Wildman–Crippen LogP) is 0.555. The molecule has 20 heavy (non-hydrogen) atoms. The van der Waals surface area contributed by atoms with Gasteiger partial charge in [-0.05, 0) is 32.9 Å². The lowest BCUT2D eigenvalue weighted by Crippen LogP contribution is -2.53. The van der Waals surface area contributed by atoms with Gasteiger partial charge in [0.15, 0.2) is 5.03 Å². The van der Waals surface area contributed by atoms with Crippen LogP contribution in [0.1, 0.15) is 20.8 Å². The second-order valence-electron chi connectivity index (χ2n) is 5.49. The highest BCUT2D eigenvalue weighted by molar-refractivity contribution is 7.89. The van der Waals surface area contributed by atoms with Gasteiger partial charge in [-0.2, -0.15) is 4.31 Å². The zero-order chi connectivity index (χ0) is 15.0. The number of aromatic nitrogens is 1. The first-order chi connectivity index (χ1) is 9.26. The summed E-state index contributed by atoms with van der Waals surface area (Å²) in [7, 11) is -3.71. The highest BCUT2D eigenvalue weighted by atomic mass is 32.2. The molecule has 1 saturated heterocycles. The number of anilines is 1. The van der Waals surface area contributed by atoms with E-state index in [1.807, 2.05) is 20.8 Å². The number of hydrogen-bond donors (Lipinski definition) is 2. The van der Waals surface area contributed by atoms with Crippen LogP contribution in [0.2, 0.25) is 0 Å². The Balaban J connectivity index is 2.39. The van der Waals surface area contributed by atoms with E-state index in [0.29, 0.717) is 6.54 Å². The lowest BCUT2D eigenvalue weighted by molar-refractivity contribution is -0.109. The molecular weight excluding hydrogens is 280 g/mol. The number of nitrogen functional groups attached to an aromatic ring is 1. The van der Waals surface area contributed by atoms with Crippen LogP contribution >= 0.6 is 0 Å². The van der Waals surface area contributed by atoms with Gasteiger partial charge < -0.3 is 10.2 Å². The van der Waals surface area contributed by atoms with Crippen molar-refractivity contribution in [1.82, 2.24) is 9.29 Å². The van der Waals surface area contributed by atoms with Crippen molar-refractivity contribution in [1.29, 1.82) is 0 Å². The molecule has 0 amide bonds. The van der Waals surface area contributed by atoms with Gasteiger partial charge in [0.1, 0.15) is 0 Å². The molecule has 0 spiro atoms. The number of ether oxygens (including phenoxy) is 1. The van der Waals surface area contributed by atoms with Gasteiger partial charge in [0, 0.05) is 19.3 Å². The molecule has 0 saturated carbocycles. The first kappa shape index (κ1) is 15.2. The minimum absolute atomic E-state index is 0.0626. The Bertz CT molecular complexity index is 588. The SMILES string of the molecule is CC1CN(S(=O)(=O)c2ncccc2NN)CC(C)(C)O1. The van der Waals surface area contributed by atoms with Crippen LogP contribution in [0.5, 0.6) is 0 Å². The Labute approximate surface area is 119 Å². The molecule has 1 aliphatic rings. The molecule has 1 aliphatic heterocycles. The summed E-state index contributed by atoms with van der Waals surface area (Å²) in [5.74, 6) is 5.36. The molecule has 0 bridgehead atoms. The van der Waals surface area contributed by atoms with E-state index in [4.69, 9.17) is 10.6 Å². The number of nitrogens with one attached hydrogen (secondary N) is 1. The number of nitrogens with two attached hydrogens (primary N) is 1. The number of rotatable bonds is 3. The standard InChI is InChI=1S/C12H20N4O3S/c1-9-7-16(8-12(2,3)19-9)20(17,18)11-10(15-13)5-4-6-14-11/h4-6,9,15H,7-8,13H2,1-3H3. The highest BCUT2D eigenvalue weighted by Gasteiger charge is 2.39. The normalized spacial score (nSPS) is 23.5. The third-order valence-corrected chi connectivity index (χ3v) is 4.82. The maximum atomic E-state index is 12.7. The minimum Gasteiger partial charge on any atom is -0.370 e. The summed E-state index contributed by atoms with van der Waals surface area (Å²) >= 11 is 0. The molecule has 0 aliphatic carbocycles. The van der Waals surface area contributed by atoms with Crippen LogP contribution in [-0.4, -0.2) is 42.5 Å². The molecular formula is C12H20N4O3S. The average molecular weight is 300 g/mol. The summed E-state index contributed by atoms with van der Waals surface area (Å²) in [6, 6.07) is 3.20. The van der Waals surface area contributed by atoms with Crippen molar-refractivity contribution in [2.45, 2.75) is 37.5 Å². The van der Waals surface area contributed by atoms with Crippen molar-refractivity contribution in [2.24, 2.45) is 5.84 Å². The van der Waals surface area contributed by atoms with Crippen molar-refractivity contribution in [2.75, 3.05) is 18.5 Å². The summed E-state index contributed by atoms with van der Waals surface area (Å²) < 4.78 is 32.5. The summed E-state index contributed by atoms with van der Waals surface area (Å²) in [4.78, 5) is 3.96. The fourth-order valence-electron chi connectivity index (χ4n) is 2.41. The van der Waals surface area contributed by atoms with Crippen LogP contribution in [0.3, 0.4) is 0 Å². The Morgan fingerprint density at radius 2 is 2.25 bits per heavy atom. The summed E-state index contributed by atoms with van der Waals surface area (Å²) in [5.41, 5.74) is 2.12. The van der Waals surface area contributed by atoms with E-state index >= 15 is 0 Å². The quantitative estimate of drug-likeness (QED) is 0.625. The van der Waals surface area contributed by atoms with E-state index < -0.39 is 15.6 Å². The Morgan fingerprint density at radius 1 is 1.55 bits per heavy atom. The number of nitrogens with zero attached hydrogens (tertiary/aromatic N) is 2. The van der Waals surface area contributed by atoms with E-state index in [9.17, 15) is 8.42 Å². The Hall–Kier alpha value is -1.22. The molecule has 2 heterocycles. The summed E-state index contributed by atoms with van der Waals surface area (Å²) in [5, 5.41) is -0.0626. The van der Waals surface area contributed by atoms with Gasteiger partial charge in [-0.3, -0.25) is 5.84 Å². The second-order valence-corrected chi connectivity index (χ2v) is 7.34. The maximum Gasteiger partial charge on any atom is 0.262 e. The van der Waals surface area contributed by atoms with Crippen LogP contribution in [0.15, 0.2) is 23.4 Å². The molecule has 1 fully saturated rings. The molecule has 112 valence electrons. The van der Waals surface area contributed by atoms with Gasteiger partial charge in [-0.25, -0.2) is 13.4 Å². The van der Waals surface area contributed by atoms with Gasteiger partial charge in [-0.15, -0.1) is 0 Å². The number of pyridine rings is 1. The smallest absolute Gasteiger partial charge is 0.262 e. The number of sulfonamides is 1. The molecule has 1 unspecified atom stereocenters. The number of hydrazine groups is 1. The van der Waals surface area contributed by atoms with Crippen LogP contribution < -0.4 is 11.3 Å². The first-order valence-electron chi connectivity index (χ1n) is 6.36. The van der Waals surface area contributed by atoms with Gasteiger partial charge >= 0.3 is 0 Å². The number of morpholine rings is 1.